The van der Waals surface area contributed by atoms with Gasteiger partial charge >= 0.3 is 0 Å². The van der Waals surface area contributed by atoms with Gasteiger partial charge in [0, 0.05) is 12.1 Å². The van der Waals surface area contributed by atoms with Crippen molar-refractivity contribution in [2.45, 2.75) is 13.5 Å². The molecule has 0 aliphatic carbocycles. The summed E-state index contributed by atoms with van der Waals surface area (Å²) >= 11 is 0. The van der Waals surface area contributed by atoms with Gasteiger partial charge in [0.15, 0.2) is 0 Å². The molecular formula is C8H14N4O2. The van der Waals surface area contributed by atoms with Gasteiger partial charge in [-0.15, -0.1) is 0 Å². The van der Waals surface area contributed by atoms with Crippen molar-refractivity contribution in [3.8, 4) is 0 Å². The van der Waals surface area contributed by atoms with Crippen LogP contribution in [0.4, 0.5) is 5.82 Å². The SMILES string of the molecule is Cc1cnn(CC(N)=O)c1NCCO. The first-order valence-corrected chi connectivity index (χ1v) is 4.30. The van der Waals surface area contributed by atoms with E-state index in [1.807, 2.05) is 6.92 Å². The van der Waals surface area contributed by atoms with E-state index in [4.69, 9.17) is 10.8 Å². The van der Waals surface area contributed by atoms with Crippen molar-refractivity contribution in [2.75, 3.05) is 18.5 Å². The predicted octanol–water partition coefficient (Wildman–Crippen LogP) is -0.919. The average Bonchev–Trinajstić information content (AvgIpc) is 2.44. The fraction of sp³-hybridized carbons (Fsp3) is 0.500. The topological polar surface area (TPSA) is 93.2 Å². The zero-order valence-electron chi connectivity index (χ0n) is 8.03. The van der Waals surface area contributed by atoms with Gasteiger partial charge in [0.1, 0.15) is 12.4 Å². The number of aryl methyl sites for hydroxylation is 1. The molecule has 6 nitrogen and oxygen atoms in total. The van der Waals surface area contributed by atoms with Gasteiger partial charge in [0.05, 0.1) is 12.8 Å². The van der Waals surface area contributed by atoms with Gasteiger partial charge in [-0.2, -0.15) is 5.10 Å². The van der Waals surface area contributed by atoms with Crippen LogP contribution in [-0.2, 0) is 11.3 Å². The summed E-state index contributed by atoms with van der Waals surface area (Å²) in [6.07, 6.45) is 1.64. The van der Waals surface area contributed by atoms with Crippen LogP contribution in [0.5, 0.6) is 0 Å². The quantitative estimate of drug-likeness (QED) is 0.570. The maximum atomic E-state index is 10.7. The van der Waals surface area contributed by atoms with E-state index in [0.29, 0.717) is 6.54 Å². The third kappa shape index (κ3) is 2.46. The van der Waals surface area contributed by atoms with E-state index in [1.54, 1.807) is 6.20 Å². The Bertz CT molecular complexity index is 321. The molecular weight excluding hydrogens is 184 g/mol. The smallest absolute Gasteiger partial charge is 0.239 e. The van der Waals surface area contributed by atoms with E-state index in [-0.39, 0.29) is 13.2 Å². The van der Waals surface area contributed by atoms with E-state index < -0.39 is 5.91 Å². The number of carbonyl (C=O) groups excluding carboxylic acids is 1. The molecule has 14 heavy (non-hydrogen) atoms. The van der Waals surface area contributed by atoms with Crippen molar-refractivity contribution >= 4 is 11.7 Å². The molecule has 0 spiro atoms. The van der Waals surface area contributed by atoms with Crippen LogP contribution in [0.2, 0.25) is 0 Å². The van der Waals surface area contributed by atoms with Gasteiger partial charge in [0.25, 0.3) is 0 Å². The summed E-state index contributed by atoms with van der Waals surface area (Å²) in [4.78, 5) is 10.7. The Morgan fingerprint density at radius 2 is 2.50 bits per heavy atom. The maximum absolute atomic E-state index is 10.7. The summed E-state index contributed by atoms with van der Waals surface area (Å²) < 4.78 is 1.48. The first kappa shape index (κ1) is 10.5. The largest absolute Gasteiger partial charge is 0.395 e. The van der Waals surface area contributed by atoms with E-state index in [2.05, 4.69) is 10.4 Å². The second kappa shape index (κ2) is 4.61. The molecule has 0 atom stereocenters. The molecule has 0 bridgehead atoms. The molecule has 1 aromatic rings. The van der Waals surface area contributed by atoms with Gasteiger partial charge in [-0.05, 0) is 6.92 Å². The number of nitrogens with one attached hydrogen (secondary N) is 1. The van der Waals surface area contributed by atoms with E-state index in [1.165, 1.54) is 4.68 Å². The zero-order chi connectivity index (χ0) is 10.6. The molecule has 0 radical (unpaired) electrons. The van der Waals surface area contributed by atoms with Crippen molar-refractivity contribution in [3.05, 3.63) is 11.8 Å². The van der Waals surface area contributed by atoms with Crippen molar-refractivity contribution < 1.29 is 9.90 Å². The van der Waals surface area contributed by atoms with Crippen molar-refractivity contribution in [1.82, 2.24) is 9.78 Å². The fourth-order valence-corrected chi connectivity index (χ4v) is 1.15. The second-order valence-corrected chi connectivity index (χ2v) is 2.95. The Balaban J connectivity index is 2.77. The van der Waals surface area contributed by atoms with Crippen molar-refractivity contribution in [2.24, 2.45) is 5.73 Å². The van der Waals surface area contributed by atoms with Crippen molar-refractivity contribution in [1.29, 1.82) is 0 Å². The summed E-state index contributed by atoms with van der Waals surface area (Å²) in [7, 11) is 0. The number of hydrogen-bond donors (Lipinski definition) is 3. The van der Waals surface area contributed by atoms with Gasteiger partial charge in [-0.3, -0.25) is 4.79 Å². The number of aromatic nitrogens is 2. The molecule has 1 amide bonds. The standard InChI is InChI=1S/C8H14N4O2/c1-6-4-11-12(5-7(9)14)8(6)10-2-3-13/h4,10,13H,2-3,5H2,1H3,(H2,9,14). The molecule has 0 fully saturated rings. The lowest BCUT2D eigenvalue weighted by molar-refractivity contribution is -0.118. The van der Waals surface area contributed by atoms with Crippen LogP contribution in [0.25, 0.3) is 0 Å². The normalized spacial score (nSPS) is 10.1. The minimum atomic E-state index is -0.444. The summed E-state index contributed by atoms with van der Waals surface area (Å²) in [5.41, 5.74) is 5.97. The number of hydrogen-bond acceptors (Lipinski definition) is 4. The fourth-order valence-electron chi connectivity index (χ4n) is 1.15. The number of nitrogens with zero attached hydrogens (tertiary/aromatic N) is 2. The lowest BCUT2D eigenvalue weighted by Crippen LogP contribution is -2.21. The number of amides is 1. The molecule has 0 aliphatic rings. The zero-order valence-corrected chi connectivity index (χ0v) is 8.03. The molecule has 0 aromatic carbocycles. The summed E-state index contributed by atoms with van der Waals surface area (Å²) in [5, 5.41) is 15.6. The number of anilines is 1. The monoisotopic (exact) mass is 198 g/mol. The highest BCUT2D eigenvalue weighted by molar-refractivity contribution is 5.74. The number of aliphatic hydroxyl groups is 1. The number of aliphatic hydroxyl groups excluding tert-OH is 1. The molecule has 0 aliphatic heterocycles. The lowest BCUT2D eigenvalue weighted by atomic mass is 10.3. The minimum absolute atomic E-state index is 0.0290. The second-order valence-electron chi connectivity index (χ2n) is 2.95. The third-order valence-electron chi connectivity index (χ3n) is 1.73. The Morgan fingerprint density at radius 1 is 1.79 bits per heavy atom. The predicted molar refractivity (Wildman–Crippen MR) is 51.7 cm³/mol. The molecule has 1 heterocycles. The molecule has 6 heteroatoms. The molecule has 0 saturated heterocycles. The van der Waals surface area contributed by atoms with E-state index >= 15 is 0 Å². The molecule has 4 N–H and O–H groups in total. The van der Waals surface area contributed by atoms with Crippen LogP contribution < -0.4 is 11.1 Å². The highest BCUT2D eigenvalue weighted by Gasteiger charge is 2.07. The Kier molecular flexibility index (Phi) is 3.47. The summed E-state index contributed by atoms with van der Waals surface area (Å²) in [6.45, 7) is 2.36. The number of carbonyl (C=O) groups is 1. The lowest BCUT2D eigenvalue weighted by Gasteiger charge is -2.08. The number of primary amides is 1. The summed E-state index contributed by atoms with van der Waals surface area (Å²) in [6, 6.07) is 0. The maximum Gasteiger partial charge on any atom is 0.239 e. The first-order valence-electron chi connectivity index (χ1n) is 4.30. The van der Waals surface area contributed by atoms with Crippen LogP contribution in [0.3, 0.4) is 0 Å². The van der Waals surface area contributed by atoms with E-state index in [0.717, 1.165) is 11.4 Å². The minimum Gasteiger partial charge on any atom is -0.395 e. The highest BCUT2D eigenvalue weighted by atomic mass is 16.3. The first-order chi connectivity index (χ1) is 6.65. The van der Waals surface area contributed by atoms with E-state index in [9.17, 15) is 4.79 Å². The molecule has 1 rings (SSSR count). The summed E-state index contributed by atoms with van der Waals surface area (Å²) in [5.74, 6) is 0.276. The van der Waals surface area contributed by atoms with Gasteiger partial charge in [0.2, 0.25) is 5.91 Å². The van der Waals surface area contributed by atoms with Crippen LogP contribution in [0.1, 0.15) is 5.56 Å². The van der Waals surface area contributed by atoms with Gasteiger partial charge in [-0.1, -0.05) is 0 Å². The molecule has 0 unspecified atom stereocenters. The van der Waals surface area contributed by atoms with Crippen LogP contribution in [0.15, 0.2) is 6.20 Å². The number of nitrogens with two attached hydrogens (primary N) is 1. The molecule has 78 valence electrons. The molecule has 0 saturated carbocycles. The molecule has 1 aromatic heterocycles. The van der Waals surface area contributed by atoms with Crippen LogP contribution in [0, 0.1) is 6.92 Å². The highest BCUT2D eigenvalue weighted by Crippen LogP contribution is 2.12. The Labute approximate surface area is 81.7 Å². The van der Waals surface area contributed by atoms with Crippen LogP contribution >= 0.6 is 0 Å². The Morgan fingerprint density at radius 3 is 3.07 bits per heavy atom. The average molecular weight is 198 g/mol. The number of rotatable bonds is 5. The van der Waals surface area contributed by atoms with Crippen LogP contribution in [-0.4, -0.2) is 33.9 Å². The van der Waals surface area contributed by atoms with Crippen molar-refractivity contribution in [3.63, 3.8) is 0 Å². The van der Waals surface area contributed by atoms with Gasteiger partial charge < -0.3 is 16.2 Å². The van der Waals surface area contributed by atoms with Gasteiger partial charge in [-0.25, -0.2) is 4.68 Å². The third-order valence-corrected chi connectivity index (χ3v) is 1.73. The Hall–Kier alpha value is -1.56.